The van der Waals surface area contributed by atoms with Crippen molar-refractivity contribution in [1.82, 2.24) is 4.90 Å². The van der Waals surface area contributed by atoms with Gasteiger partial charge < -0.3 is 10.5 Å². The van der Waals surface area contributed by atoms with E-state index >= 15 is 0 Å². The number of hydrogen-bond donors (Lipinski definition) is 1. The van der Waals surface area contributed by atoms with Gasteiger partial charge in [-0.15, -0.1) is 0 Å². The summed E-state index contributed by atoms with van der Waals surface area (Å²) in [5, 5.41) is 0. The molecule has 4 heteroatoms. The van der Waals surface area contributed by atoms with Crippen LogP contribution >= 0.6 is 0 Å². The monoisotopic (exact) mass is 252 g/mol. The van der Waals surface area contributed by atoms with Crippen LogP contribution in [0.1, 0.15) is 24.4 Å². The van der Waals surface area contributed by atoms with Gasteiger partial charge >= 0.3 is 0 Å². The van der Waals surface area contributed by atoms with Crippen molar-refractivity contribution in [1.29, 1.82) is 0 Å². The van der Waals surface area contributed by atoms with E-state index in [9.17, 15) is 4.39 Å². The molecule has 2 rings (SSSR count). The lowest BCUT2D eigenvalue weighted by Gasteiger charge is -2.36. The lowest BCUT2D eigenvalue weighted by Crippen LogP contribution is -2.41. The first-order valence-corrected chi connectivity index (χ1v) is 6.47. The Morgan fingerprint density at radius 3 is 2.50 bits per heavy atom. The Balaban J connectivity index is 2.09. The third kappa shape index (κ3) is 3.07. The van der Waals surface area contributed by atoms with Crippen molar-refractivity contribution in [2.75, 3.05) is 26.8 Å². The molecule has 2 N–H and O–H groups in total. The Morgan fingerprint density at radius 2 is 1.94 bits per heavy atom. The average Bonchev–Trinajstić information content (AvgIpc) is 2.42. The molecular weight excluding hydrogens is 231 g/mol. The predicted octanol–water partition coefficient (Wildman–Crippen LogP) is 1.94. The van der Waals surface area contributed by atoms with E-state index in [0.717, 1.165) is 31.6 Å². The zero-order valence-electron chi connectivity index (χ0n) is 10.8. The number of rotatable bonds is 4. The highest BCUT2D eigenvalue weighted by Crippen LogP contribution is 2.24. The van der Waals surface area contributed by atoms with Crippen LogP contribution in [0.4, 0.5) is 4.39 Å². The minimum Gasteiger partial charge on any atom is -0.381 e. The van der Waals surface area contributed by atoms with Crippen LogP contribution in [0.15, 0.2) is 24.3 Å². The maximum Gasteiger partial charge on any atom is 0.123 e. The van der Waals surface area contributed by atoms with E-state index in [1.54, 1.807) is 0 Å². The molecule has 1 aliphatic rings. The van der Waals surface area contributed by atoms with Crippen LogP contribution in [-0.4, -0.2) is 37.7 Å². The minimum absolute atomic E-state index is 0.147. The molecule has 1 aliphatic heterocycles. The second-order valence-corrected chi connectivity index (χ2v) is 4.81. The van der Waals surface area contributed by atoms with Crippen molar-refractivity contribution in [2.45, 2.75) is 24.9 Å². The van der Waals surface area contributed by atoms with Crippen molar-refractivity contribution in [3.8, 4) is 0 Å². The third-order valence-electron chi connectivity index (χ3n) is 3.74. The maximum absolute atomic E-state index is 12.9. The van der Waals surface area contributed by atoms with E-state index in [1.807, 2.05) is 12.1 Å². The Bertz CT molecular complexity index is 363. The molecule has 0 aliphatic carbocycles. The van der Waals surface area contributed by atoms with Gasteiger partial charge in [0.25, 0.3) is 0 Å². The van der Waals surface area contributed by atoms with Crippen LogP contribution in [0.25, 0.3) is 0 Å². The fourth-order valence-corrected chi connectivity index (χ4v) is 2.57. The molecule has 1 aromatic carbocycles. The Hall–Kier alpha value is -0.970. The summed E-state index contributed by atoms with van der Waals surface area (Å²) in [7, 11) is 2.09. The lowest BCUT2D eigenvalue weighted by molar-refractivity contribution is 0.0294. The van der Waals surface area contributed by atoms with Crippen LogP contribution < -0.4 is 5.73 Å². The minimum atomic E-state index is -0.205. The molecule has 0 saturated carbocycles. The quantitative estimate of drug-likeness (QED) is 0.890. The molecule has 1 fully saturated rings. The molecule has 1 saturated heterocycles. The largest absolute Gasteiger partial charge is 0.381 e. The molecule has 1 heterocycles. The number of halogens is 1. The van der Waals surface area contributed by atoms with Gasteiger partial charge in [0.1, 0.15) is 5.82 Å². The van der Waals surface area contributed by atoms with Crippen molar-refractivity contribution >= 4 is 0 Å². The molecule has 100 valence electrons. The van der Waals surface area contributed by atoms with Gasteiger partial charge in [0.15, 0.2) is 0 Å². The van der Waals surface area contributed by atoms with Crippen LogP contribution in [0.2, 0.25) is 0 Å². The molecule has 0 spiro atoms. The summed E-state index contributed by atoms with van der Waals surface area (Å²) in [6.07, 6.45) is 2.07. The number of likely N-dealkylation sites (N-methyl/N-ethyl adjacent to an activating group) is 1. The smallest absolute Gasteiger partial charge is 0.123 e. The molecule has 18 heavy (non-hydrogen) atoms. The highest BCUT2D eigenvalue weighted by Gasteiger charge is 2.24. The zero-order valence-corrected chi connectivity index (χ0v) is 10.8. The average molecular weight is 252 g/mol. The fraction of sp³-hybridized carbons (Fsp3) is 0.571. The first-order valence-electron chi connectivity index (χ1n) is 6.47. The van der Waals surface area contributed by atoms with Gasteiger partial charge in [-0.2, -0.15) is 0 Å². The lowest BCUT2D eigenvalue weighted by atomic mass is 10.0. The molecule has 1 aromatic rings. The second kappa shape index (κ2) is 6.27. The molecule has 0 radical (unpaired) electrons. The summed E-state index contributed by atoms with van der Waals surface area (Å²) in [5.41, 5.74) is 6.96. The Kier molecular flexibility index (Phi) is 4.69. The van der Waals surface area contributed by atoms with Gasteiger partial charge in [0.05, 0.1) is 0 Å². The predicted molar refractivity (Wildman–Crippen MR) is 69.8 cm³/mol. The maximum atomic E-state index is 12.9. The SMILES string of the molecule is CN(C1CCOCC1)C(CN)c1ccc(F)cc1. The summed E-state index contributed by atoms with van der Waals surface area (Å²) in [5.74, 6) is -0.205. The molecule has 3 nitrogen and oxygen atoms in total. The van der Waals surface area contributed by atoms with E-state index in [-0.39, 0.29) is 11.9 Å². The number of ether oxygens (including phenoxy) is 1. The number of nitrogens with zero attached hydrogens (tertiary/aromatic N) is 1. The molecular formula is C14H21FN2O. The summed E-state index contributed by atoms with van der Waals surface area (Å²) >= 11 is 0. The van der Waals surface area contributed by atoms with Gasteiger partial charge in [-0.25, -0.2) is 4.39 Å². The highest BCUT2D eigenvalue weighted by atomic mass is 19.1. The van der Waals surface area contributed by atoms with Crippen LogP contribution in [0.3, 0.4) is 0 Å². The first kappa shape index (κ1) is 13.5. The Labute approximate surface area is 108 Å². The first-order chi connectivity index (χ1) is 8.72. The third-order valence-corrected chi connectivity index (χ3v) is 3.74. The van der Waals surface area contributed by atoms with Gasteiger partial charge in [-0.1, -0.05) is 12.1 Å². The Morgan fingerprint density at radius 1 is 1.33 bits per heavy atom. The normalized spacial score (nSPS) is 19.1. The molecule has 1 unspecified atom stereocenters. The van der Waals surface area contributed by atoms with Gasteiger partial charge in [-0.05, 0) is 37.6 Å². The summed E-state index contributed by atoms with van der Waals surface area (Å²) < 4.78 is 18.3. The van der Waals surface area contributed by atoms with Gasteiger partial charge in [-0.3, -0.25) is 4.90 Å². The number of hydrogen-bond acceptors (Lipinski definition) is 3. The van der Waals surface area contributed by atoms with Crippen molar-refractivity contribution in [3.63, 3.8) is 0 Å². The van der Waals surface area contributed by atoms with E-state index in [2.05, 4.69) is 11.9 Å². The van der Waals surface area contributed by atoms with Crippen molar-refractivity contribution in [3.05, 3.63) is 35.6 Å². The van der Waals surface area contributed by atoms with Crippen molar-refractivity contribution < 1.29 is 9.13 Å². The fourth-order valence-electron chi connectivity index (χ4n) is 2.57. The number of benzene rings is 1. The molecule has 0 bridgehead atoms. The van der Waals surface area contributed by atoms with Crippen LogP contribution in [-0.2, 0) is 4.74 Å². The second-order valence-electron chi connectivity index (χ2n) is 4.81. The standard InChI is InChI=1S/C14H21FN2O/c1-17(13-6-8-18-9-7-13)14(10-16)11-2-4-12(15)5-3-11/h2-5,13-14H,6-10,16H2,1H3. The summed E-state index contributed by atoms with van der Waals surface area (Å²) in [6, 6.07) is 7.28. The van der Waals surface area contributed by atoms with Crippen molar-refractivity contribution in [2.24, 2.45) is 5.73 Å². The topological polar surface area (TPSA) is 38.5 Å². The molecule has 0 amide bonds. The number of nitrogens with two attached hydrogens (primary N) is 1. The van der Waals surface area contributed by atoms with E-state index in [4.69, 9.17) is 10.5 Å². The zero-order chi connectivity index (χ0) is 13.0. The summed E-state index contributed by atoms with van der Waals surface area (Å²) in [4.78, 5) is 2.30. The van der Waals surface area contributed by atoms with Gasteiger partial charge in [0.2, 0.25) is 0 Å². The molecule has 1 atom stereocenters. The van der Waals surface area contributed by atoms with E-state index < -0.39 is 0 Å². The van der Waals surface area contributed by atoms with Gasteiger partial charge in [0, 0.05) is 31.8 Å². The molecule has 0 aromatic heterocycles. The van der Waals surface area contributed by atoms with Crippen LogP contribution in [0, 0.1) is 5.82 Å². The van der Waals surface area contributed by atoms with E-state index in [1.165, 1.54) is 12.1 Å². The highest BCUT2D eigenvalue weighted by molar-refractivity contribution is 5.20. The van der Waals surface area contributed by atoms with Crippen LogP contribution in [0.5, 0.6) is 0 Å². The van der Waals surface area contributed by atoms with E-state index in [0.29, 0.717) is 12.6 Å². The summed E-state index contributed by atoms with van der Waals surface area (Å²) in [6.45, 7) is 2.17.